The lowest BCUT2D eigenvalue weighted by molar-refractivity contribution is -1.91. The van der Waals surface area contributed by atoms with E-state index >= 15 is 0 Å². The van der Waals surface area contributed by atoms with Crippen molar-refractivity contribution in [1.29, 1.82) is 0 Å². The molecule has 0 saturated heterocycles. The molecule has 2 aliphatic heterocycles. The fourth-order valence-electron chi connectivity index (χ4n) is 1.73. The Kier molecular flexibility index (Phi) is 4.80. The van der Waals surface area contributed by atoms with E-state index in [4.69, 9.17) is 0 Å². The Morgan fingerprint density at radius 3 is 2.71 bits per heavy atom. The van der Waals surface area contributed by atoms with Crippen LogP contribution in [0, 0.1) is 10.2 Å². The Hall–Kier alpha value is 0.1000. The zero-order valence-corrected chi connectivity index (χ0v) is 14.6. The average Bonchev–Trinajstić information content (AvgIpc) is 2.94. The van der Waals surface area contributed by atoms with E-state index in [0.29, 0.717) is 0 Å². The first-order chi connectivity index (χ1) is 9.92. The van der Waals surface area contributed by atoms with E-state index in [9.17, 15) is 14.0 Å². The van der Waals surface area contributed by atoms with Crippen LogP contribution in [-0.2, 0) is 3.74 Å². The van der Waals surface area contributed by atoms with E-state index in [0.717, 1.165) is 14.7 Å². The van der Waals surface area contributed by atoms with Gasteiger partial charge in [-0.3, -0.25) is 0 Å². The minimum atomic E-state index is -4.40. The van der Waals surface area contributed by atoms with Gasteiger partial charge in [-0.2, -0.15) is 14.0 Å². The lowest BCUT2D eigenvalue weighted by Gasteiger charge is -2.12. The molecule has 0 N–H and O–H groups in total. The highest BCUT2D eigenvalue weighted by molar-refractivity contribution is 8.84. The van der Waals surface area contributed by atoms with E-state index in [1.807, 2.05) is 24.3 Å². The van der Waals surface area contributed by atoms with Crippen LogP contribution in [0.3, 0.4) is 0 Å². The molecule has 2 aliphatic rings. The van der Waals surface area contributed by atoms with Gasteiger partial charge in [-0.25, -0.2) is 0 Å². The first kappa shape index (κ1) is 16.0. The molecule has 0 fully saturated rings. The summed E-state index contributed by atoms with van der Waals surface area (Å²) >= 11 is 0. The molecular formula is C12H9ClO4S4. The number of allylic oxidation sites excluding steroid dienone is 2. The van der Waals surface area contributed by atoms with Crippen molar-refractivity contribution in [3.8, 4) is 0 Å². The summed E-state index contributed by atoms with van der Waals surface area (Å²) in [5, 5.41) is 0. The number of hydrogen-bond acceptors (Lipinski definition) is 7. The molecule has 0 aliphatic carbocycles. The summed E-state index contributed by atoms with van der Waals surface area (Å²) in [6, 6.07) is 8.11. The highest BCUT2D eigenvalue weighted by Crippen LogP contribution is 2.54. The van der Waals surface area contributed by atoms with E-state index in [-0.39, 0.29) is 0 Å². The Morgan fingerprint density at radius 1 is 1.19 bits per heavy atom. The summed E-state index contributed by atoms with van der Waals surface area (Å²) in [6.45, 7) is 1.76. The van der Waals surface area contributed by atoms with Crippen molar-refractivity contribution in [2.45, 2.75) is 11.8 Å². The summed E-state index contributed by atoms with van der Waals surface area (Å²) in [7, 11) is -0.847. The molecule has 0 amide bonds. The van der Waals surface area contributed by atoms with Crippen LogP contribution < -0.4 is 14.0 Å². The quantitative estimate of drug-likeness (QED) is 0.582. The Balaban J connectivity index is 1.78. The summed E-state index contributed by atoms with van der Waals surface area (Å²) in [5.41, 5.74) is 1.17. The van der Waals surface area contributed by atoms with Crippen LogP contribution in [0.25, 0.3) is 4.91 Å². The Bertz CT molecular complexity index is 678. The number of benzene rings is 1. The van der Waals surface area contributed by atoms with Crippen molar-refractivity contribution >= 4 is 51.9 Å². The predicted molar refractivity (Wildman–Crippen MR) is 82.9 cm³/mol. The van der Waals surface area contributed by atoms with E-state index in [1.54, 1.807) is 28.5 Å². The van der Waals surface area contributed by atoms with Gasteiger partial charge in [0, 0.05) is 25.1 Å². The van der Waals surface area contributed by atoms with Gasteiger partial charge in [0.05, 0.1) is 10.2 Å². The highest BCUT2D eigenvalue weighted by Gasteiger charge is 2.29. The van der Waals surface area contributed by atoms with Crippen LogP contribution in [0.15, 0.2) is 46.2 Å². The van der Waals surface area contributed by atoms with Crippen LogP contribution in [0.1, 0.15) is 12.5 Å². The molecule has 3 rings (SSSR count). The van der Waals surface area contributed by atoms with Crippen molar-refractivity contribution in [3.63, 3.8) is 0 Å². The van der Waals surface area contributed by atoms with Crippen molar-refractivity contribution in [3.05, 3.63) is 46.9 Å². The highest BCUT2D eigenvalue weighted by atomic mass is 35.7. The Morgan fingerprint density at radius 2 is 1.95 bits per heavy atom. The third-order valence-corrected chi connectivity index (χ3v) is 9.61. The molecule has 0 spiro atoms. The molecule has 0 aromatic heterocycles. The van der Waals surface area contributed by atoms with E-state index in [2.05, 4.69) is 15.9 Å². The number of halogens is 1. The number of hydrogen-bond donors (Lipinski definition) is 0. The SMILES string of the molecule is CC1=S(O[Cl+3]([O-])([O-])[O-])SC(/C=C2\SSc3ccccc32)=C1. The molecule has 4 nitrogen and oxygen atoms in total. The van der Waals surface area contributed by atoms with E-state index < -0.39 is 20.0 Å². The molecule has 112 valence electrons. The maximum absolute atomic E-state index is 10.7. The second-order valence-electron chi connectivity index (χ2n) is 4.09. The fraction of sp³-hybridized carbons (Fsp3) is 0.0833. The van der Waals surface area contributed by atoms with Crippen LogP contribution in [-0.4, -0.2) is 4.86 Å². The zero-order valence-electron chi connectivity index (χ0n) is 10.6. The van der Waals surface area contributed by atoms with Gasteiger partial charge in [-0.15, -0.1) is 0 Å². The second kappa shape index (κ2) is 6.31. The van der Waals surface area contributed by atoms with Crippen molar-refractivity contribution in [1.82, 2.24) is 0 Å². The lowest BCUT2D eigenvalue weighted by Crippen LogP contribution is -2.60. The zero-order chi connectivity index (χ0) is 15.0. The van der Waals surface area contributed by atoms with Gasteiger partial charge in [0.1, 0.15) is 3.74 Å². The minimum Gasteiger partial charge on any atom is -0.182 e. The first-order valence-corrected chi connectivity index (χ1v) is 11.5. The van der Waals surface area contributed by atoms with Gasteiger partial charge in [-0.05, 0) is 35.9 Å². The Labute approximate surface area is 138 Å². The van der Waals surface area contributed by atoms with Crippen LogP contribution in [0.2, 0.25) is 0 Å². The molecule has 1 aromatic rings. The van der Waals surface area contributed by atoms with Crippen molar-refractivity contribution in [2.75, 3.05) is 0 Å². The maximum Gasteiger partial charge on any atom is 0.175 e. The lowest BCUT2D eigenvalue weighted by atomic mass is 10.2. The van der Waals surface area contributed by atoms with Gasteiger partial charge in [-0.1, -0.05) is 39.8 Å². The van der Waals surface area contributed by atoms with E-state index in [1.165, 1.54) is 21.3 Å². The average molecular weight is 381 g/mol. The number of fused-ring (bicyclic) bond motifs is 1. The first-order valence-electron chi connectivity index (χ1n) is 5.67. The fourth-order valence-corrected chi connectivity index (χ4v) is 8.49. The normalized spacial score (nSPS) is 23.6. The molecule has 0 bridgehead atoms. The predicted octanol–water partition coefficient (Wildman–Crippen LogP) is 1.62. The van der Waals surface area contributed by atoms with Gasteiger partial charge >= 0.3 is 0 Å². The van der Waals surface area contributed by atoms with Gasteiger partial charge < -0.3 is 0 Å². The van der Waals surface area contributed by atoms with Crippen LogP contribution in [0.4, 0.5) is 0 Å². The van der Waals surface area contributed by atoms with Crippen LogP contribution in [0.5, 0.6) is 0 Å². The second-order valence-corrected chi connectivity index (χ2v) is 10.7. The topological polar surface area (TPSA) is 78.4 Å². The standard InChI is InChI=1S/C12H9ClO4S4/c1-8-6-9(20-21(8)17-13(14,15)16)7-12-10-4-2-3-5-11(10)18-19-12/h2-7H,1H3/b12-7-. The summed E-state index contributed by atoms with van der Waals surface area (Å²) in [4.78, 5) is 3.97. The molecular weight excluding hydrogens is 372 g/mol. The van der Waals surface area contributed by atoms with Crippen molar-refractivity contribution in [2.24, 2.45) is 0 Å². The molecule has 0 saturated carbocycles. The molecule has 21 heavy (non-hydrogen) atoms. The molecule has 1 atom stereocenters. The monoisotopic (exact) mass is 380 g/mol. The van der Waals surface area contributed by atoms with Gasteiger partial charge in [0.25, 0.3) is 0 Å². The molecule has 2 heterocycles. The van der Waals surface area contributed by atoms with Gasteiger partial charge in [0.2, 0.25) is 0 Å². The minimum absolute atomic E-state index is 0.739. The smallest absolute Gasteiger partial charge is 0.175 e. The summed E-state index contributed by atoms with van der Waals surface area (Å²) in [5.74, 6) is 0. The summed E-state index contributed by atoms with van der Waals surface area (Å²) in [6.07, 6.45) is 3.86. The summed E-state index contributed by atoms with van der Waals surface area (Å²) < 4.78 is 36.6. The molecule has 1 aromatic carbocycles. The largest absolute Gasteiger partial charge is 0.182 e. The van der Waals surface area contributed by atoms with Crippen molar-refractivity contribution < 1.29 is 28.0 Å². The van der Waals surface area contributed by atoms with Gasteiger partial charge in [0.15, 0.2) is 9.80 Å². The van der Waals surface area contributed by atoms with Crippen LogP contribution >= 0.6 is 42.2 Å². The molecule has 1 unspecified atom stereocenters. The third-order valence-electron chi connectivity index (χ3n) is 2.56. The number of rotatable bonds is 3. The molecule has 0 radical (unpaired) electrons. The maximum atomic E-state index is 10.7. The third kappa shape index (κ3) is 3.90. The molecule has 9 heteroatoms.